The number of aromatic amines is 2. The quantitative estimate of drug-likeness (QED) is 0.411. The number of nitrogens with zero attached hydrogens (tertiary/aromatic N) is 2. The number of benzene rings is 2. The highest BCUT2D eigenvalue weighted by Crippen LogP contribution is 2.29. The second kappa shape index (κ2) is 7.47. The van der Waals surface area contributed by atoms with Crippen LogP contribution in [0.2, 0.25) is 0 Å². The van der Waals surface area contributed by atoms with E-state index in [1.807, 2.05) is 48.5 Å². The van der Waals surface area contributed by atoms with Crippen LogP contribution < -0.4 is 10.6 Å². The summed E-state index contributed by atoms with van der Waals surface area (Å²) in [6.45, 7) is 6.20. The third-order valence-electron chi connectivity index (χ3n) is 4.69. The van der Waals surface area contributed by atoms with Crippen molar-refractivity contribution in [2.45, 2.75) is 26.2 Å². The van der Waals surface area contributed by atoms with Gasteiger partial charge in [-0.05, 0) is 29.2 Å². The molecule has 2 amide bonds. The van der Waals surface area contributed by atoms with Gasteiger partial charge in [-0.25, -0.2) is 9.97 Å². The molecule has 2 aromatic heterocycles. The fourth-order valence-corrected chi connectivity index (χ4v) is 3.25. The van der Waals surface area contributed by atoms with Crippen LogP contribution in [0, 0.1) is 0 Å². The van der Waals surface area contributed by atoms with Gasteiger partial charge in [0, 0.05) is 5.69 Å². The van der Waals surface area contributed by atoms with Gasteiger partial charge in [0.1, 0.15) is 5.69 Å². The summed E-state index contributed by atoms with van der Waals surface area (Å²) < 4.78 is 0. The molecule has 30 heavy (non-hydrogen) atoms. The summed E-state index contributed by atoms with van der Waals surface area (Å²) >= 11 is 0. The number of rotatable bonds is 4. The summed E-state index contributed by atoms with van der Waals surface area (Å²) in [5, 5.41) is 5.55. The Kier molecular flexibility index (Phi) is 4.83. The molecule has 8 heteroatoms. The molecular formula is C22H22N6O2. The van der Waals surface area contributed by atoms with Crippen molar-refractivity contribution in [3.63, 3.8) is 0 Å². The van der Waals surface area contributed by atoms with E-state index in [0.717, 1.165) is 16.6 Å². The molecule has 152 valence electrons. The molecule has 0 radical (unpaired) electrons. The summed E-state index contributed by atoms with van der Waals surface area (Å²) in [6, 6.07) is 15.0. The van der Waals surface area contributed by atoms with Crippen LogP contribution in [0.1, 0.15) is 47.3 Å². The largest absolute Gasteiger partial charge is 0.340 e. The number of imidazole rings is 2. The first-order chi connectivity index (χ1) is 14.3. The van der Waals surface area contributed by atoms with E-state index >= 15 is 0 Å². The average molecular weight is 402 g/mol. The molecule has 0 spiro atoms. The Bertz CT molecular complexity index is 1200. The highest BCUT2D eigenvalue weighted by Gasteiger charge is 2.24. The van der Waals surface area contributed by atoms with E-state index in [1.165, 1.54) is 6.33 Å². The van der Waals surface area contributed by atoms with Crippen LogP contribution in [-0.2, 0) is 5.41 Å². The van der Waals surface area contributed by atoms with E-state index in [-0.39, 0.29) is 16.8 Å². The normalized spacial score (nSPS) is 11.4. The molecular weight excluding hydrogens is 380 g/mol. The Balaban J connectivity index is 1.56. The average Bonchev–Trinajstić information content (AvgIpc) is 3.34. The van der Waals surface area contributed by atoms with E-state index in [1.54, 1.807) is 0 Å². The lowest BCUT2D eigenvalue weighted by molar-refractivity contribution is 0.0985. The van der Waals surface area contributed by atoms with Gasteiger partial charge in [0.05, 0.1) is 17.4 Å². The lowest BCUT2D eigenvalue weighted by Gasteiger charge is -2.22. The van der Waals surface area contributed by atoms with Crippen LogP contribution in [0.5, 0.6) is 0 Å². The minimum atomic E-state index is -0.513. The first-order valence-corrected chi connectivity index (χ1v) is 9.53. The highest BCUT2D eigenvalue weighted by molar-refractivity contribution is 6.13. The zero-order valence-corrected chi connectivity index (χ0v) is 16.9. The lowest BCUT2D eigenvalue weighted by atomic mass is 9.86. The molecule has 2 aromatic carbocycles. The fourth-order valence-electron chi connectivity index (χ4n) is 3.25. The number of hydrogen-bond acceptors (Lipinski definition) is 4. The van der Waals surface area contributed by atoms with E-state index < -0.39 is 11.8 Å². The number of para-hydroxylation sites is 3. The predicted octanol–water partition coefficient (Wildman–Crippen LogP) is 4.09. The van der Waals surface area contributed by atoms with E-state index in [0.29, 0.717) is 11.6 Å². The van der Waals surface area contributed by atoms with Gasteiger partial charge in [0.15, 0.2) is 5.69 Å². The molecule has 2 heterocycles. The summed E-state index contributed by atoms with van der Waals surface area (Å²) in [5.41, 5.74) is 3.11. The zero-order chi connectivity index (χ0) is 21.3. The molecule has 0 atom stereocenters. The number of anilines is 2. The number of amides is 2. The van der Waals surface area contributed by atoms with Crippen LogP contribution >= 0.6 is 0 Å². The number of carbonyl (C=O) groups is 2. The van der Waals surface area contributed by atoms with Crippen LogP contribution in [0.25, 0.3) is 11.0 Å². The third kappa shape index (κ3) is 3.80. The second-order valence-corrected chi connectivity index (χ2v) is 7.93. The minimum absolute atomic E-state index is 0.00678. The monoisotopic (exact) mass is 402 g/mol. The molecule has 4 rings (SSSR count). The standard InChI is InChI=1S/C22H22N6O2/c1-22(2,3)13-8-4-5-9-14(13)25-19(29)17-18(24-12-23-17)20(30)28-21-26-15-10-6-7-11-16(15)27-21/h4-12H,1-3H3,(H,23,24)(H,25,29)(H2,26,27,28,30). The Hall–Kier alpha value is -3.94. The number of fused-ring (bicyclic) bond motifs is 1. The highest BCUT2D eigenvalue weighted by atomic mass is 16.2. The van der Waals surface area contributed by atoms with Crippen LogP contribution in [0.4, 0.5) is 11.6 Å². The van der Waals surface area contributed by atoms with Gasteiger partial charge >= 0.3 is 0 Å². The lowest BCUT2D eigenvalue weighted by Crippen LogP contribution is -2.22. The van der Waals surface area contributed by atoms with Crippen molar-refractivity contribution in [3.05, 3.63) is 71.8 Å². The van der Waals surface area contributed by atoms with Gasteiger partial charge < -0.3 is 15.3 Å². The van der Waals surface area contributed by atoms with Crippen molar-refractivity contribution in [1.82, 2.24) is 19.9 Å². The molecule has 0 bridgehead atoms. The maximum absolute atomic E-state index is 12.9. The number of nitrogens with one attached hydrogen (secondary N) is 4. The van der Waals surface area contributed by atoms with Crippen LogP contribution in [0.3, 0.4) is 0 Å². The van der Waals surface area contributed by atoms with Gasteiger partial charge in [-0.3, -0.25) is 14.9 Å². The Labute approximate surface area is 173 Å². The van der Waals surface area contributed by atoms with Crippen LogP contribution in [-0.4, -0.2) is 31.8 Å². The number of H-pyrrole nitrogens is 2. The molecule has 0 aliphatic carbocycles. The van der Waals surface area contributed by atoms with Gasteiger partial charge in [0.25, 0.3) is 11.8 Å². The molecule has 0 saturated carbocycles. The fraction of sp³-hybridized carbons (Fsp3) is 0.182. The maximum Gasteiger partial charge on any atom is 0.276 e. The van der Waals surface area contributed by atoms with Crippen molar-refractivity contribution < 1.29 is 9.59 Å². The topological polar surface area (TPSA) is 116 Å². The third-order valence-corrected chi connectivity index (χ3v) is 4.69. The molecule has 0 aliphatic rings. The van der Waals surface area contributed by atoms with Crippen molar-refractivity contribution >= 4 is 34.5 Å². The molecule has 0 saturated heterocycles. The van der Waals surface area contributed by atoms with Crippen molar-refractivity contribution in [2.75, 3.05) is 10.6 Å². The zero-order valence-electron chi connectivity index (χ0n) is 16.9. The van der Waals surface area contributed by atoms with Gasteiger partial charge in [-0.15, -0.1) is 0 Å². The van der Waals surface area contributed by atoms with Crippen LogP contribution in [0.15, 0.2) is 54.9 Å². The van der Waals surface area contributed by atoms with Gasteiger partial charge in [0.2, 0.25) is 5.95 Å². The summed E-state index contributed by atoms with van der Waals surface area (Å²) in [5.74, 6) is -0.691. The Morgan fingerprint density at radius 2 is 1.67 bits per heavy atom. The SMILES string of the molecule is CC(C)(C)c1ccccc1NC(=O)c1nc[nH]c1C(=O)Nc1nc2ccccc2[nH]1. The second-order valence-electron chi connectivity index (χ2n) is 7.93. The number of carbonyl (C=O) groups excluding carboxylic acids is 2. The van der Waals surface area contributed by atoms with Gasteiger partial charge in [-0.1, -0.05) is 51.1 Å². The smallest absolute Gasteiger partial charge is 0.276 e. The van der Waals surface area contributed by atoms with E-state index in [9.17, 15) is 9.59 Å². The Morgan fingerprint density at radius 3 is 2.43 bits per heavy atom. The first-order valence-electron chi connectivity index (χ1n) is 9.53. The van der Waals surface area contributed by atoms with E-state index in [4.69, 9.17) is 0 Å². The number of aromatic nitrogens is 4. The molecule has 0 aliphatic heterocycles. The maximum atomic E-state index is 12.9. The predicted molar refractivity (Wildman–Crippen MR) is 116 cm³/mol. The van der Waals surface area contributed by atoms with Crippen molar-refractivity contribution in [3.8, 4) is 0 Å². The van der Waals surface area contributed by atoms with Gasteiger partial charge in [-0.2, -0.15) is 0 Å². The van der Waals surface area contributed by atoms with Crippen molar-refractivity contribution in [2.24, 2.45) is 0 Å². The molecule has 0 unspecified atom stereocenters. The summed E-state index contributed by atoms with van der Waals surface area (Å²) in [4.78, 5) is 39.7. The molecule has 0 fully saturated rings. The molecule has 4 N–H and O–H groups in total. The van der Waals surface area contributed by atoms with E-state index in [2.05, 4.69) is 51.3 Å². The molecule has 8 nitrogen and oxygen atoms in total. The first kappa shape index (κ1) is 19.4. The summed E-state index contributed by atoms with van der Waals surface area (Å²) in [7, 11) is 0. The molecule has 4 aromatic rings. The summed E-state index contributed by atoms with van der Waals surface area (Å²) in [6.07, 6.45) is 1.32. The Morgan fingerprint density at radius 1 is 0.933 bits per heavy atom. The number of hydrogen-bond donors (Lipinski definition) is 4. The van der Waals surface area contributed by atoms with Crippen molar-refractivity contribution in [1.29, 1.82) is 0 Å². The minimum Gasteiger partial charge on any atom is -0.340 e.